The Bertz CT molecular complexity index is 749. The van der Waals surface area contributed by atoms with Crippen molar-refractivity contribution < 1.29 is 24.2 Å². The van der Waals surface area contributed by atoms with Crippen molar-refractivity contribution in [2.45, 2.75) is 27.2 Å². The number of phenolic OH excluding ortho intramolecular Hbond substituents is 1. The molecule has 0 bridgehead atoms. The molecule has 0 amide bonds. The van der Waals surface area contributed by atoms with E-state index in [1.54, 1.807) is 24.3 Å². The van der Waals surface area contributed by atoms with E-state index >= 15 is 0 Å². The SMILES string of the molecule is CCC(C)(C)C(=O)OCCOC(=O)c1ccc(O)c2ccccc12. The third-order valence-electron chi connectivity index (χ3n) is 4.11. The first kappa shape index (κ1) is 17.8. The van der Waals surface area contributed by atoms with Crippen molar-refractivity contribution in [1.82, 2.24) is 0 Å². The van der Waals surface area contributed by atoms with Crippen LogP contribution in [0, 0.1) is 5.41 Å². The van der Waals surface area contributed by atoms with Crippen molar-refractivity contribution in [1.29, 1.82) is 0 Å². The largest absolute Gasteiger partial charge is 0.507 e. The molecule has 1 N–H and O–H groups in total. The molecule has 0 atom stereocenters. The van der Waals surface area contributed by atoms with Gasteiger partial charge in [0.05, 0.1) is 11.0 Å². The number of aromatic hydroxyl groups is 1. The number of hydrogen-bond donors (Lipinski definition) is 1. The molecule has 5 heteroatoms. The molecule has 128 valence electrons. The second-order valence-electron chi connectivity index (χ2n) is 6.19. The maximum absolute atomic E-state index is 12.2. The van der Waals surface area contributed by atoms with Gasteiger partial charge in [-0.05, 0) is 37.8 Å². The number of fused-ring (bicyclic) bond motifs is 1. The van der Waals surface area contributed by atoms with Gasteiger partial charge < -0.3 is 14.6 Å². The summed E-state index contributed by atoms with van der Waals surface area (Å²) >= 11 is 0. The Labute approximate surface area is 141 Å². The summed E-state index contributed by atoms with van der Waals surface area (Å²) in [7, 11) is 0. The fourth-order valence-corrected chi connectivity index (χ4v) is 2.15. The van der Waals surface area contributed by atoms with E-state index in [0.717, 1.165) is 0 Å². The van der Waals surface area contributed by atoms with Crippen LogP contribution in [0.5, 0.6) is 5.75 Å². The van der Waals surface area contributed by atoms with Crippen LogP contribution >= 0.6 is 0 Å². The van der Waals surface area contributed by atoms with E-state index in [1.165, 1.54) is 12.1 Å². The quantitative estimate of drug-likeness (QED) is 0.646. The predicted octanol–water partition coefficient (Wildman–Crippen LogP) is 3.68. The lowest BCUT2D eigenvalue weighted by molar-refractivity contribution is -0.155. The zero-order valence-corrected chi connectivity index (χ0v) is 14.2. The Hall–Kier alpha value is -2.56. The summed E-state index contributed by atoms with van der Waals surface area (Å²) in [4.78, 5) is 24.1. The van der Waals surface area contributed by atoms with Gasteiger partial charge in [-0.1, -0.05) is 31.2 Å². The number of hydrogen-bond acceptors (Lipinski definition) is 5. The molecule has 0 saturated carbocycles. The molecule has 0 fully saturated rings. The van der Waals surface area contributed by atoms with Crippen LogP contribution in [0.25, 0.3) is 10.8 Å². The van der Waals surface area contributed by atoms with E-state index in [4.69, 9.17) is 9.47 Å². The molecule has 24 heavy (non-hydrogen) atoms. The molecule has 0 heterocycles. The van der Waals surface area contributed by atoms with Crippen LogP contribution in [0.2, 0.25) is 0 Å². The number of ether oxygens (including phenoxy) is 2. The van der Waals surface area contributed by atoms with Gasteiger partial charge in [0.25, 0.3) is 0 Å². The number of esters is 2. The second-order valence-corrected chi connectivity index (χ2v) is 6.19. The second kappa shape index (κ2) is 7.34. The molecule has 0 aliphatic rings. The summed E-state index contributed by atoms with van der Waals surface area (Å²) < 4.78 is 10.3. The molecule has 0 saturated heterocycles. The zero-order valence-electron chi connectivity index (χ0n) is 14.2. The third-order valence-corrected chi connectivity index (χ3v) is 4.11. The van der Waals surface area contributed by atoms with Crippen LogP contribution in [-0.4, -0.2) is 30.3 Å². The summed E-state index contributed by atoms with van der Waals surface area (Å²) in [5.74, 6) is -0.717. The van der Waals surface area contributed by atoms with Gasteiger partial charge in [0.2, 0.25) is 0 Å². The van der Waals surface area contributed by atoms with Crippen molar-refractivity contribution in [3.05, 3.63) is 42.0 Å². The highest BCUT2D eigenvalue weighted by molar-refractivity contribution is 6.06. The summed E-state index contributed by atoms with van der Waals surface area (Å²) in [5.41, 5.74) is -0.180. The molecule has 2 rings (SSSR count). The highest BCUT2D eigenvalue weighted by atomic mass is 16.6. The maximum atomic E-state index is 12.2. The van der Waals surface area contributed by atoms with Gasteiger partial charge >= 0.3 is 11.9 Å². The van der Waals surface area contributed by atoms with Crippen LogP contribution in [-0.2, 0) is 14.3 Å². The van der Waals surface area contributed by atoms with Crippen LogP contribution < -0.4 is 0 Å². The summed E-state index contributed by atoms with van der Waals surface area (Å²) in [5, 5.41) is 11.0. The van der Waals surface area contributed by atoms with E-state index in [0.29, 0.717) is 22.8 Å². The van der Waals surface area contributed by atoms with E-state index < -0.39 is 11.4 Å². The Morgan fingerprint density at radius 2 is 1.62 bits per heavy atom. The Morgan fingerprint density at radius 1 is 1.00 bits per heavy atom. The van der Waals surface area contributed by atoms with Gasteiger partial charge in [-0.25, -0.2) is 4.79 Å². The Kier molecular flexibility index (Phi) is 5.44. The van der Waals surface area contributed by atoms with Crippen molar-refractivity contribution in [3.63, 3.8) is 0 Å². The maximum Gasteiger partial charge on any atom is 0.338 e. The predicted molar refractivity (Wildman–Crippen MR) is 90.9 cm³/mol. The molecule has 2 aromatic carbocycles. The molecule has 2 aromatic rings. The fraction of sp³-hybridized carbons (Fsp3) is 0.368. The summed E-state index contributed by atoms with van der Waals surface area (Å²) in [6, 6.07) is 10.0. The smallest absolute Gasteiger partial charge is 0.338 e. The van der Waals surface area contributed by atoms with E-state index in [9.17, 15) is 14.7 Å². The highest BCUT2D eigenvalue weighted by Crippen LogP contribution is 2.27. The van der Waals surface area contributed by atoms with Crippen LogP contribution in [0.3, 0.4) is 0 Å². The topological polar surface area (TPSA) is 72.8 Å². The molecule has 0 aliphatic carbocycles. The van der Waals surface area contributed by atoms with Crippen molar-refractivity contribution >= 4 is 22.7 Å². The van der Waals surface area contributed by atoms with Crippen molar-refractivity contribution in [2.75, 3.05) is 13.2 Å². The number of benzene rings is 2. The number of phenols is 1. The van der Waals surface area contributed by atoms with Crippen LogP contribution in [0.1, 0.15) is 37.6 Å². The molecular weight excluding hydrogens is 308 g/mol. The molecule has 0 spiro atoms. The number of carbonyl (C=O) groups is 2. The van der Waals surface area contributed by atoms with Gasteiger partial charge in [0, 0.05) is 5.39 Å². The van der Waals surface area contributed by atoms with E-state index in [1.807, 2.05) is 20.8 Å². The minimum atomic E-state index is -0.544. The number of rotatable bonds is 6. The highest BCUT2D eigenvalue weighted by Gasteiger charge is 2.27. The van der Waals surface area contributed by atoms with Gasteiger partial charge in [-0.15, -0.1) is 0 Å². The molecule has 0 unspecified atom stereocenters. The third kappa shape index (κ3) is 3.85. The van der Waals surface area contributed by atoms with Gasteiger partial charge in [0.1, 0.15) is 19.0 Å². The lowest BCUT2D eigenvalue weighted by Crippen LogP contribution is -2.27. The molecule has 5 nitrogen and oxygen atoms in total. The lowest BCUT2D eigenvalue weighted by atomic mass is 9.91. The van der Waals surface area contributed by atoms with Gasteiger partial charge in [0.15, 0.2) is 0 Å². The van der Waals surface area contributed by atoms with Crippen molar-refractivity contribution in [3.8, 4) is 5.75 Å². The van der Waals surface area contributed by atoms with Gasteiger partial charge in [-0.3, -0.25) is 4.79 Å². The first-order valence-electron chi connectivity index (χ1n) is 7.92. The standard InChI is InChI=1S/C19H22O5/c1-4-19(2,3)18(22)24-12-11-23-17(21)15-9-10-16(20)14-8-6-5-7-13(14)15/h5-10,20H,4,11-12H2,1-3H3. The number of carbonyl (C=O) groups excluding carboxylic acids is 2. The molecule has 0 radical (unpaired) electrons. The zero-order chi connectivity index (χ0) is 17.7. The monoisotopic (exact) mass is 330 g/mol. The fourth-order valence-electron chi connectivity index (χ4n) is 2.15. The summed E-state index contributed by atoms with van der Waals surface area (Å²) in [6.07, 6.45) is 0.672. The minimum absolute atomic E-state index is 0.0143. The minimum Gasteiger partial charge on any atom is -0.507 e. The van der Waals surface area contributed by atoms with Crippen LogP contribution in [0.15, 0.2) is 36.4 Å². The van der Waals surface area contributed by atoms with Crippen LogP contribution in [0.4, 0.5) is 0 Å². The average molecular weight is 330 g/mol. The lowest BCUT2D eigenvalue weighted by Gasteiger charge is -2.20. The average Bonchev–Trinajstić information content (AvgIpc) is 2.58. The molecular formula is C19H22O5. The summed E-state index contributed by atoms with van der Waals surface area (Å²) in [6.45, 7) is 5.54. The van der Waals surface area contributed by atoms with E-state index in [2.05, 4.69) is 0 Å². The Balaban J connectivity index is 1.97. The van der Waals surface area contributed by atoms with Crippen molar-refractivity contribution in [2.24, 2.45) is 5.41 Å². The first-order valence-corrected chi connectivity index (χ1v) is 7.92. The van der Waals surface area contributed by atoms with E-state index in [-0.39, 0.29) is 24.9 Å². The first-order chi connectivity index (χ1) is 11.4. The normalized spacial score (nSPS) is 11.3. The molecule has 0 aliphatic heterocycles. The Morgan fingerprint density at radius 3 is 2.29 bits per heavy atom. The van der Waals surface area contributed by atoms with Gasteiger partial charge in [-0.2, -0.15) is 0 Å². The molecule has 0 aromatic heterocycles.